The number of fused-ring (bicyclic) bond motifs is 7. The maximum absolute atomic E-state index is 7.91. The van der Waals surface area contributed by atoms with Crippen LogP contribution in [0, 0.1) is 6.57 Å². The molecule has 0 fully saturated rings. The van der Waals surface area contributed by atoms with Crippen molar-refractivity contribution in [3.63, 3.8) is 0 Å². The van der Waals surface area contributed by atoms with Crippen LogP contribution < -0.4 is 0 Å². The lowest BCUT2D eigenvalue weighted by Gasteiger charge is -2.15. The molecule has 0 bridgehead atoms. The van der Waals surface area contributed by atoms with Crippen molar-refractivity contribution in [1.82, 2.24) is 9.55 Å². The first-order chi connectivity index (χ1) is 22.8. The first kappa shape index (κ1) is 26.4. The fourth-order valence-corrected chi connectivity index (χ4v) is 8.00. The molecule has 46 heavy (non-hydrogen) atoms. The van der Waals surface area contributed by atoms with Crippen LogP contribution in [0.1, 0.15) is 0 Å². The first-order valence-corrected chi connectivity index (χ1v) is 16.1. The monoisotopic (exact) mass is 603 g/mol. The minimum Gasteiger partial charge on any atom is -0.309 e. The zero-order valence-electron chi connectivity index (χ0n) is 24.7. The Bertz CT molecular complexity index is 2660. The summed E-state index contributed by atoms with van der Waals surface area (Å²) in [5.74, 6) is 0. The average molecular weight is 604 g/mol. The van der Waals surface area contributed by atoms with Gasteiger partial charge in [-0.05, 0) is 59.7 Å². The molecule has 0 atom stereocenters. The maximum Gasteiger partial charge on any atom is 0.194 e. The van der Waals surface area contributed by atoms with Crippen LogP contribution in [0.2, 0.25) is 0 Å². The second kappa shape index (κ2) is 10.6. The summed E-state index contributed by atoms with van der Waals surface area (Å²) >= 11 is 1.86. The van der Waals surface area contributed by atoms with Gasteiger partial charge in [0.25, 0.3) is 0 Å². The average Bonchev–Trinajstić information content (AvgIpc) is 3.68. The summed E-state index contributed by atoms with van der Waals surface area (Å²) in [7, 11) is 0. The molecule has 4 heteroatoms. The van der Waals surface area contributed by atoms with Crippen molar-refractivity contribution in [2.75, 3.05) is 0 Å². The van der Waals surface area contributed by atoms with Gasteiger partial charge in [-0.3, -0.25) is 0 Å². The Morgan fingerprint density at radius 3 is 2.13 bits per heavy atom. The summed E-state index contributed by atoms with van der Waals surface area (Å²) in [5, 5.41) is 5.09. The normalized spacial score (nSPS) is 11.5. The third-order valence-electron chi connectivity index (χ3n) is 8.81. The molecule has 3 aromatic heterocycles. The van der Waals surface area contributed by atoms with Gasteiger partial charge in [-0.2, -0.15) is 0 Å². The van der Waals surface area contributed by atoms with E-state index >= 15 is 0 Å². The Balaban J connectivity index is 1.35. The molecule has 0 amide bonds. The first-order valence-electron chi connectivity index (χ1n) is 15.3. The SMILES string of the molecule is [C-]#[N+]c1ccccc1-c1cc(-c2cccc(-c3ccccc3)n2)cc(-n2c3ccccc3c3c4sc5ccccc5c4ccc32)c1. The highest BCUT2D eigenvalue weighted by atomic mass is 32.1. The summed E-state index contributed by atoms with van der Waals surface area (Å²) in [6.45, 7) is 7.91. The molecule has 0 aliphatic heterocycles. The molecule has 0 aliphatic carbocycles. The van der Waals surface area contributed by atoms with E-state index in [0.29, 0.717) is 5.69 Å². The van der Waals surface area contributed by atoms with E-state index in [1.807, 2.05) is 53.8 Å². The van der Waals surface area contributed by atoms with Crippen LogP contribution in [-0.2, 0) is 0 Å². The highest BCUT2D eigenvalue weighted by Gasteiger charge is 2.19. The molecule has 9 aromatic rings. The number of hydrogen-bond donors (Lipinski definition) is 0. The number of nitrogens with zero attached hydrogens (tertiary/aromatic N) is 3. The number of rotatable bonds is 4. The molecule has 0 saturated carbocycles. The van der Waals surface area contributed by atoms with E-state index in [-0.39, 0.29) is 0 Å². The zero-order chi connectivity index (χ0) is 30.6. The van der Waals surface area contributed by atoms with E-state index in [0.717, 1.165) is 50.4 Å². The highest BCUT2D eigenvalue weighted by molar-refractivity contribution is 7.26. The quantitative estimate of drug-likeness (QED) is 0.183. The Labute approximate surface area is 270 Å². The lowest BCUT2D eigenvalue weighted by molar-refractivity contribution is 1.18. The Morgan fingerprint density at radius 1 is 0.543 bits per heavy atom. The predicted octanol–water partition coefficient (Wildman–Crippen LogP) is 12.1. The topological polar surface area (TPSA) is 22.2 Å². The number of pyridine rings is 1. The molecule has 3 heterocycles. The number of thiophene rings is 1. The number of hydrogen-bond acceptors (Lipinski definition) is 2. The van der Waals surface area contributed by atoms with Crippen molar-refractivity contribution in [3.05, 3.63) is 163 Å². The van der Waals surface area contributed by atoms with Crippen molar-refractivity contribution in [2.24, 2.45) is 0 Å². The van der Waals surface area contributed by atoms with E-state index in [9.17, 15) is 0 Å². The van der Waals surface area contributed by atoms with E-state index in [4.69, 9.17) is 11.6 Å². The van der Waals surface area contributed by atoms with Gasteiger partial charge in [-0.15, -0.1) is 11.3 Å². The third kappa shape index (κ3) is 4.14. The number of benzene rings is 6. The van der Waals surface area contributed by atoms with E-state index < -0.39 is 0 Å². The standard InChI is InChI=1S/C42H25N3S/c1-43-37-17-8-5-14-31(37)28-24-29(36-19-11-18-35(44-36)27-12-3-2-4-13-27)26-30(25-28)45-38-20-9-6-16-34(38)41-39(45)23-22-33-32-15-7-10-21-40(32)46-42(33)41/h2-26H. The van der Waals surface area contributed by atoms with Gasteiger partial charge in [-0.25, -0.2) is 9.83 Å². The van der Waals surface area contributed by atoms with Crippen LogP contribution in [0.15, 0.2) is 152 Å². The summed E-state index contributed by atoms with van der Waals surface area (Å²) in [4.78, 5) is 9.01. The Kier molecular flexibility index (Phi) is 6.06. The molecule has 6 aromatic carbocycles. The van der Waals surface area contributed by atoms with Gasteiger partial charge in [0.05, 0.1) is 29.0 Å². The zero-order valence-corrected chi connectivity index (χ0v) is 25.5. The fourth-order valence-electron chi connectivity index (χ4n) is 6.74. The van der Waals surface area contributed by atoms with E-state index in [2.05, 4.69) is 119 Å². The lowest BCUT2D eigenvalue weighted by atomic mass is 9.98. The van der Waals surface area contributed by atoms with Gasteiger partial charge in [0.2, 0.25) is 0 Å². The Morgan fingerprint density at radius 2 is 1.26 bits per heavy atom. The van der Waals surface area contributed by atoms with Crippen molar-refractivity contribution in [1.29, 1.82) is 0 Å². The second-order valence-corrected chi connectivity index (χ2v) is 12.5. The molecule has 0 aliphatic rings. The molecule has 0 saturated heterocycles. The largest absolute Gasteiger partial charge is 0.309 e. The van der Waals surface area contributed by atoms with Gasteiger partial charge in [0.15, 0.2) is 5.69 Å². The molecular formula is C42H25N3S. The fraction of sp³-hybridized carbons (Fsp3) is 0. The van der Waals surface area contributed by atoms with Crippen molar-refractivity contribution in [2.45, 2.75) is 0 Å². The van der Waals surface area contributed by atoms with Crippen molar-refractivity contribution < 1.29 is 0 Å². The number of aromatic nitrogens is 2. The predicted molar refractivity (Wildman–Crippen MR) is 194 cm³/mol. The smallest absolute Gasteiger partial charge is 0.194 e. The number of para-hydroxylation sites is 2. The van der Waals surface area contributed by atoms with Crippen molar-refractivity contribution in [3.8, 4) is 39.3 Å². The molecular weight excluding hydrogens is 579 g/mol. The van der Waals surface area contributed by atoms with Gasteiger partial charge in [0, 0.05) is 47.8 Å². The second-order valence-electron chi connectivity index (χ2n) is 11.5. The van der Waals surface area contributed by atoms with E-state index in [1.165, 1.54) is 30.9 Å². The van der Waals surface area contributed by atoms with Crippen LogP contribution >= 0.6 is 11.3 Å². The minimum absolute atomic E-state index is 0.630. The molecule has 9 rings (SSSR count). The van der Waals surface area contributed by atoms with Gasteiger partial charge in [-0.1, -0.05) is 103 Å². The highest BCUT2D eigenvalue weighted by Crippen LogP contribution is 2.44. The third-order valence-corrected chi connectivity index (χ3v) is 10.0. The molecule has 0 unspecified atom stereocenters. The summed E-state index contributed by atoms with van der Waals surface area (Å²) in [6.07, 6.45) is 0. The van der Waals surface area contributed by atoms with Crippen LogP contribution in [0.25, 0.3) is 86.2 Å². The summed E-state index contributed by atoms with van der Waals surface area (Å²) < 4.78 is 4.98. The van der Waals surface area contributed by atoms with Gasteiger partial charge < -0.3 is 4.57 Å². The van der Waals surface area contributed by atoms with Crippen molar-refractivity contribution >= 4 is 59.0 Å². The molecule has 3 nitrogen and oxygen atoms in total. The van der Waals surface area contributed by atoms with Crippen LogP contribution in [0.5, 0.6) is 0 Å². The molecule has 0 radical (unpaired) electrons. The lowest BCUT2D eigenvalue weighted by Crippen LogP contribution is -1.97. The minimum atomic E-state index is 0.630. The molecule has 0 N–H and O–H groups in total. The summed E-state index contributed by atoms with van der Waals surface area (Å²) in [5.41, 5.74) is 9.76. The van der Waals surface area contributed by atoms with Gasteiger partial charge >= 0.3 is 0 Å². The van der Waals surface area contributed by atoms with Crippen LogP contribution in [0.3, 0.4) is 0 Å². The molecule has 0 spiro atoms. The Hall–Kier alpha value is -6.02. The summed E-state index contributed by atoms with van der Waals surface area (Å²) in [6, 6.07) is 52.9. The van der Waals surface area contributed by atoms with Crippen LogP contribution in [-0.4, -0.2) is 9.55 Å². The van der Waals surface area contributed by atoms with E-state index in [1.54, 1.807) is 0 Å². The van der Waals surface area contributed by atoms with Crippen LogP contribution in [0.4, 0.5) is 5.69 Å². The molecule has 214 valence electrons. The maximum atomic E-state index is 7.91. The van der Waals surface area contributed by atoms with Gasteiger partial charge in [0.1, 0.15) is 0 Å².